The number of amides is 1. The molecule has 4 rings (SSSR count). The summed E-state index contributed by atoms with van der Waals surface area (Å²) in [6, 6.07) is 9.50. The van der Waals surface area contributed by atoms with Gasteiger partial charge in [0.05, 0.1) is 12.1 Å². The van der Waals surface area contributed by atoms with Crippen LogP contribution < -0.4 is 10.6 Å². The maximum Gasteiger partial charge on any atom is 0.233 e. The fraction of sp³-hybridized carbons (Fsp3) is 0.333. The first-order valence-electron chi connectivity index (χ1n) is 10.4. The SMILES string of the molecule is CC=O.CNCC(=O)NCC1CCC1.Fc1ccc(-c2cc3cc(F)cc(F)c3[nH]2)cc1. The molecule has 2 aromatic carbocycles. The highest BCUT2D eigenvalue weighted by molar-refractivity contribution is 5.86. The van der Waals surface area contributed by atoms with E-state index < -0.39 is 11.6 Å². The number of hydrogen-bond acceptors (Lipinski definition) is 3. The third kappa shape index (κ3) is 7.53. The van der Waals surface area contributed by atoms with Gasteiger partial charge in [-0.25, -0.2) is 13.2 Å². The Balaban J connectivity index is 0.000000222. The van der Waals surface area contributed by atoms with Crippen LogP contribution in [0.3, 0.4) is 0 Å². The number of rotatable bonds is 5. The number of H-pyrrole nitrogens is 1. The molecule has 1 aliphatic carbocycles. The molecule has 0 radical (unpaired) electrons. The summed E-state index contributed by atoms with van der Waals surface area (Å²) < 4.78 is 39.4. The zero-order valence-electron chi connectivity index (χ0n) is 18.2. The second kappa shape index (κ2) is 12.7. The molecule has 5 nitrogen and oxygen atoms in total. The Kier molecular flexibility index (Phi) is 9.94. The number of carbonyl (C=O) groups is 2. The average molecular weight is 448 g/mol. The van der Waals surface area contributed by atoms with Gasteiger partial charge in [0.25, 0.3) is 0 Å². The minimum absolute atomic E-state index is 0.111. The molecule has 1 aliphatic rings. The molecule has 1 aromatic heterocycles. The number of likely N-dealkylation sites (N-methyl/N-ethyl adjacent to an activating group) is 1. The number of fused-ring (bicyclic) bond motifs is 1. The van der Waals surface area contributed by atoms with Crippen molar-refractivity contribution < 1.29 is 22.8 Å². The highest BCUT2D eigenvalue weighted by atomic mass is 19.1. The lowest BCUT2D eigenvalue weighted by Crippen LogP contribution is -2.36. The van der Waals surface area contributed by atoms with E-state index in [1.165, 1.54) is 44.4 Å². The maximum atomic E-state index is 13.5. The number of aromatic nitrogens is 1. The summed E-state index contributed by atoms with van der Waals surface area (Å²) >= 11 is 0. The molecule has 1 saturated carbocycles. The predicted octanol–water partition coefficient (Wildman–Crippen LogP) is 4.58. The van der Waals surface area contributed by atoms with Crippen molar-refractivity contribution in [3.8, 4) is 11.3 Å². The van der Waals surface area contributed by atoms with Gasteiger partial charge in [0, 0.05) is 23.7 Å². The second-order valence-electron chi connectivity index (χ2n) is 7.41. The number of aldehydes is 1. The monoisotopic (exact) mass is 447 g/mol. The maximum absolute atomic E-state index is 13.5. The third-order valence-electron chi connectivity index (χ3n) is 4.95. The Morgan fingerprint density at radius 3 is 2.31 bits per heavy atom. The molecule has 1 fully saturated rings. The van der Waals surface area contributed by atoms with Crippen molar-refractivity contribution in [2.75, 3.05) is 20.1 Å². The van der Waals surface area contributed by atoms with Crippen LogP contribution in [-0.2, 0) is 9.59 Å². The van der Waals surface area contributed by atoms with Crippen LogP contribution in [0.5, 0.6) is 0 Å². The van der Waals surface area contributed by atoms with E-state index in [9.17, 15) is 18.0 Å². The van der Waals surface area contributed by atoms with Crippen LogP contribution in [0.2, 0.25) is 0 Å². The van der Waals surface area contributed by atoms with Gasteiger partial charge in [0.15, 0.2) is 0 Å². The Morgan fingerprint density at radius 1 is 1.09 bits per heavy atom. The minimum Gasteiger partial charge on any atom is -0.355 e. The van der Waals surface area contributed by atoms with Crippen molar-refractivity contribution in [3.63, 3.8) is 0 Å². The van der Waals surface area contributed by atoms with Crippen molar-refractivity contribution in [2.24, 2.45) is 5.92 Å². The summed E-state index contributed by atoms with van der Waals surface area (Å²) in [6.07, 6.45) is 4.67. The number of carbonyl (C=O) groups excluding carboxylic acids is 2. The van der Waals surface area contributed by atoms with Crippen LogP contribution in [0.15, 0.2) is 42.5 Å². The molecule has 0 aliphatic heterocycles. The number of nitrogens with one attached hydrogen (secondary N) is 3. The van der Waals surface area contributed by atoms with Gasteiger partial charge in [-0.1, -0.05) is 6.42 Å². The average Bonchev–Trinajstić information content (AvgIpc) is 3.13. The van der Waals surface area contributed by atoms with Crippen LogP contribution in [0.25, 0.3) is 22.2 Å². The van der Waals surface area contributed by atoms with Gasteiger partial charge in [-0.05, 0) is 74.7 Å². The van der Waals surface area contributed by atoms with Gasteiger partial charge in [0.2, 0.25) is 5.91 Å². The lowest BCUT2D eigenvalue weighted by Gasteiger charge is -2.25. The molecule has 0 saturated heterocycles. The second-order valence-corrected chi connectivity index (χ2v) is 7.41. The number of halogens is 3. The lowest BCUT2D eigenvalue weighted by molar-refractivity contribution is -0.120. The van der Waals surface area contributed by atoms with E-state index in [1.807, 2.05) is 0 Å². The van der Waals surface area contributed by atoms with Gasteiger partial charge in [-0.2, -0.15) is 0 Å². The lowest BCUT2D eigenvalue weighted by atomic mass is 9.85. The van der Waals surface area contributed by atoms with Gasteiger partial charge in [-0.3, -0.25) is 4.79 Å². The summed E-state index contributed by atoms with van der Waals surface area (Å²) in [5.74, 6) is -0.731. The zero-order chi connectivity index (χ0) is 23.5. The van der Waals surface area contributed by atoms with Crippen LogP contribution in [-0.4, -0.2) is 37.3 Å². The fourth-order valence-corrected chi connectivity index (χ4v) is 3.13. The van der Waals surface area contributed by atoms with Crippen molar-refractivity contribution in [1.82, 2.24) is 15.6 Å². The summed E-state index contributed by atoms with van der Waals surface area (Å²) in [4.78, 5) is 22.6. The molecule has 0 atom stereocenters. The normalized spacial score (nSPS) is 12.7. The number of aromatic amines is 1. The largest absolute Gasteiger partial charge is 0.355 e. The first-order valence-corrected chi connectivity index (χ1v) is 10.4. The quantitative estimate of drug-likeness (QED) is 0.502. The first kappa shape index (κ1) is 25.1. The Bertz CT molecular complexity index is 1020. The first-order chi connectivity index (χ1) is 15.4. The van der Waals surface area contributed by atoms with Gasteiger partial charge < -0.3 is 20.4 Å². The fourth-order valence-electron chi connectivity index (χ4n) is 3.13. The molecule has 0 unspecified atom stereocenters. The number of hydrogen-bond donors (Lipinski definition) is 3. The molecule has 3 N–H and O–H groups in total. The van der Waals surface area contributed by atoms with E-state index in [4.69, 9.17) is 4.79 Å². The molecule has 0 spiro atoms. The van der Waals surface area contributed by atoms with E-state index >= 15 is 0 Å². The smallest absolute Gasteiger partial charge is 0.233 e. The summed E-state index contributed by atoms with van der Waals surface area (Å²) in [7, 11) is 1.78. The molecule has 1 amide bonds. The van der Waals surface area contributed by atoms with Crippen molar-refractivity contribution in [1.29, 1.82) is 0 Å². The molecule has 8 heteroatoms. The third-order valence-corrected chi connectivity index (χ3v) is 4.95. The van der Waals surface area contributed by atoms with Crippen LogP contribution in [0.1, 0.15) is 26.2 Å². The molecule has 32 heavy (non-hydrogen) atoms. The van der Waals surface area contributed by atoms with Crippen molar-refractivity contribution in [2.45, 2.75) is 26.2 Å². The van der Waals surface area contributed by atoms with E-state index in [0.29, 0.717) is 23.2 Å². The molecule has 3 aromatic rings. The van der Waals surface area contributed by atoms with Crippen LogP contribution in [0, 0.1) is 23.4 Å². The highest BCUT2D eigenvalue weighted by Gasteiger charge is 2.17. The Labute approximate surface area is 185 Å². The summed E-state index contributed by atoms with van der Waals surface area (Å²) in [5.41, 5.74) is 1.58. The zero-order valence-corrected chi connectivity index (χ0v) is 18.2. The Morgan fingerprint density at radius 2 is 1.75 bits per heavy atom. The Hall–Kier alpha value is -3.13. The number of benzene rings is 2. The van der Waals surface area contributed by atoms with E-state index in [2.05, 4.69) is 15.6 Å². The molecular weight excluding hydrogens is 419 g/mol. The van der Waals surface area contributed by atoms with Gasteiger partial charge in [0.1, 0.15) is 23.7 Å². The topological polar surface area (TPSA) is 74.0 Å². The van der Waals surface area contributed by atoms with Crippen LogP contribution in [0.4, 0.5) is 13.2 Å². The predicted molar refractivity (Wildman–Crippen MR) is 120 cm³/mol. The van der Waals surface area contributed by atoms with Gasteiger partial charge >= 0.3 is 0 Å². The minimum atomic E-state index is -0.640. The highest BCUT2D eigenvalue weighted by Crippen LogP contribution is 2.27. The van der Waals surface area contributed by atoms with Gasteiger partial charge in [-0.15, -0.1) is 0 Å². The van der Waals surface area contributed by atoms with Crippen molar-refractivity contribution >= 4 is 23.1 Å². The molecular formula is C24H28F3N3O2. The van der Waals surface area contributed by atoms with Crippen LogP contribution >= 0.6 is 0 Å². The molecule has 172 valence electrons. The standard InChI is InChI=1S/C14H8F3N.C8H16N2O.C2H4O/c15-10-3-1-8(2-4-10)13-6-9-5-11(16)7-12(17)14(9)18-13;1-9-6-8(11)10-5-7-3-2-4-7;1-2-3/h1-7,18H;7,9H,2-6H2,1H3,(H,10,11);2H,1H3. The van der Waals surface area contributed by atoms with E-state index in [1.54, 1.807) is 25.2 Å². The summed E-state index contributed by atoms with van der Waals surface area (Å²) in [5, 5.41) is 6.15. The molecule has 1 heterocycles. The van der Waals surface area contributed by atoms with E-state index in [0.717, 1.165) is 24.8 Å². The molecule has 0 bridgehead atoms. The van der Waals surface area contributed by atoms with Crippen molar-refractivity contribution in [3.05, 3.63) is 59.9 Å². The summed E-state index contributed by atoms with van der Waals surface area (Å²) in [6.45, 7) is 2.76. The van der Waals surface area contributed by atoms with E-state index in [-0.39, 0.29) is 17.2 Å².